The molecule has 0 fully saturated rings. The molecule has 0 N–H and O–H groups in total. The number of ether oxygens (including phenoxy) is 1. The molecule has 0 saturated heterocycles. The molecule has 0 spiro atoms. The summed E-state index contributed by atoms with van der Waals surface area (Å²) in [6.45, 7) is 5.51. The number of rotatable bonds is 5. The van der Waals surface area contributed by atoms with Gasteiger partial charge in [0.2, 0.25) is 0 Å². The third-order valence-corrected chi connectivity index (χ3v) is 2.26. The van der Waals surface area contributed by atoms with Gasteiger partial charge in [-0.2, -0.15) is 5.26 Å². The van der Waals surface area contributed by atoms with Crippen molar-refractivity contribution in [2.75, 3.05) is 0 Å². The van der Waals surface area contributed by atoms with Gasteiger partial charge in [-0.05, 0) is 31.2 Å². The van der Waals surface area contributed by atoms with Gasteiger partial charge in [0, 0.05) is 0 Å². The van der Waals surface area contributed by atoms with Crippen molar-refractivity contribution in [1.29, 1.82) is 5.26 Å². The molecule has 19 heavy (non-hydrogen) atoms. The van der Waals surface area contributed by atoms with Crippen molar-refractivity contribution in [3.63, 3.8) is 0 Å². The second-order valence-electron chi connectivity index (χ2n) is 3.86. The summed E-state index contributed by atoms with van der Waals surface area (Å²) in [5.41, 5.74) is 1.55. The first kappa shape index (κ1) is 14.5. The molecular weight excluding hydrogens is 238 g/mol. The lowest BCUT2D eigenvalue weighted by molar-refractivity contribution is -0.133. The Morgan fingerprint density at radius 2 is 2.11 bits per heavy atom. The smallest absolute Gasteiger partial charge is 0.315 e. The monoisotopic (exact) mass is 253 g/mol. The lowest BCUT2D eigenvalue weighted by Gasteiger charge is -2.01. The van der Waals surface area contributed by atoms with Crippen molar-refractivity contribution < 1.29 is 9.53 Å². The average Bonchev–Trinajstić information content (AvgIpc) is 2.40. The van der Waals surface area contributed by atoms with E-state index in [9.17, 15) is 4.79 Å². The number of carbonyl (C=O) groups excluding carboxylic acids is 1. The highest BCUT2D eigenvalue weighted by Crippen LogP contribution is 2.12. The first-order chi connectivity index (χ1) is 9.15. The van der Waals surface area contributed by atoms with Gasteiger partial charge in [-0.15, -0.1) is 0 Å². The van der Waals surface area contributed by atoms with Crippen molar-refractivity contribution in [3.8, 4) is 11.8 Å². The van der Waals surface area contributed by atoms with Crippen LogP contribution in [-0.4, -0.2) is 5.97 Å². The molecular formula is C16H15NO2. The number of nitrogens with zero attached hydrogens (tertiary/aromatic N) is 1. The molecule has 1 aromatic rings. The zero-order valence-corrected chi connectivity index (χ0v) is 10.8. The molecule has 0 aromatic heterocycles. The van der Waals surface area contributed by atoms with Crippen LogP contribution in [0.15, 0.2) is 60.7 Å². The Morgan fingerprint density at radius 1 is 1.42 bits per heavy atom. The first-order valence-corrected chi connectivity index (χ1v) is 5.82. The number of benzene rings is 1. The Balaban J connectivity index is 2.49. The molecule has 0 bridgehead atoms. The van der Waals surface area contributed by atoms with E-state index >= 15 is 0 Å². The highest BCUT2D eigenvalue weighted by Gasteiger charge is 2.02. The molecule has 0 unspecified atom stereocenters. The van der Waals surface area contributed by atoms with Crippen LogP contribution in [0.1, 0.15) is 18.9 Å². The van der Waals surface area contributed by atoms with Gasteiger partial charge in [0.05, 0.1) is 18.1 Å². The van der Waals surface area contributed by atoms with Crippen molar-refractivity contribution >= 4 is 5.97 Å². The number of hydrogen-bond acceptors (Lipinski definition) is 3. The molecule has 3 nitrogen and oxygen atoms in total. The lowest BCUT2D eigenvalue weighted by atomic mass is 10.2. The van der Waals surface area contributed by atoms with E-state index in [1.165, 1.54) is 0 Å². The Bertz CT molecular complexity index is 545. The number of hydrogen-bond donors (Lipinski definition) is 0. The Hall–Kier alpha value is -2.60. The van der Waals surface area contributed by atoms with Crippen LogP contribution in [0, 0.1) is 11.3 Å². The van der Waals surface area contributed by atoms with Crippen LogP contribution < -0.4 is 4.74 Å². The minimum absolute atomic E-state index is 0.197. The number of allylic oxidation sites excluding steroid dienone is 4. The molecule has 0 aliphatic heterocycles. The Kier molecular flexibility index (Phi) is 5.84. The zero-order valence-electron chi connectivity index (χ0n) is 10.8. The second kappa shape index (κ2) is 7.67. The van der Waals surface area contributed by atoms with Gasteiger partial charge in [0.1, 0.15) is 5.75 Å². The van der Waals surface area contributed by atoms with Crippen molar-refractivity contribution in [2.45, 2.75) is 13.3 Å². The Labute approximate surface area is 113 Å². The van der Waals surface area contributed by atoms with Crippen molar-refractivity contribution in [2.24, 2.45) is 0 Å². The molecule has 0 aliphatic rings. The van der Waals surface area contributed by atoms with Crippen LogP contribution in [0.25, 0.3) is 0 Å². The summed E-state index contributed by atoms with van der Waals surface area (Å²) < 4.78 is 5.12. The molecule has 1 aromatic carbocycles. The molecule has 0 aliphatic carbocycles. The zero-order chi connectivity index (χ0) is 14.1. The Morgan fingerprint density at radius 3 is 2.68 bits per heavy atom. The van der Waals surface area contributed by atoms with Crippen LogP contribution in [-0.2, 0) is 4.79 Å². The SMILES string of the molecule is C=C/C=C(C)\C=C/CC(=O)Oc1ccc(C#N)cc1. The fourth-order valence-electron chi connectivity index (χ4n) is 1.35. The van der Waals surface area contributed by atoms with Crippen LogP contribution in [0.4, 0.5) is 0 Å². The standard InChI is InChI=1S/C16H15NO2/c1-3-5-13(2)6-4-7-16(18)19-15-10-8-14(12-17)9-11-15/h3-6,8-11H,1,7H2,2H3/b6-4-,13-5-. The summed E-state index contributed by atoms with van der Waals surface area (Å²) in [5.74, 6) is 0.100. The second-order valence-corrected chi connectivity index (χ2v) is 3.86. The normalized spacial score (nSPS) is 11.1. The molecule has 0 amide bonds. The third kappa shape index (κ3) is 5.51. The van der Waals surface area contributed by atoms with Crippen LogP contribution in [0.5, 0.6) is 5.75 Å². The molecule has 3 heteroatoms. The van der Waals surface area contributed by atoms with Crippen LogP contribution in [0.2, 0.25) is 0 Å². The van der Waals surface area contributed by atoms with E-state index in [0.29, 0.717) is 11.3 Å². The third-order valence-electron chi connectivity index (χ3n) is 2.26. The van der Waals surface area contributed by atoms with E-state index in [-0.39, 0.29) is 12.4 Å². The molecule has 96 valence electrons. The fourth-order valence-corrected chi connectivity index (χ4v) is 1.35. The largest absolute Gasteiger partial charge is 0.426 e. The van der Waals surface area contributed by atoms with E-state index in [2.05, 4.69) is 6.58 Å². The summed E-state index contributed by atoms with van der Waals surface area (Å²) in [6.07, 6.45) is 7.31. The van der Waals surface area contributed by atoms with E-state index in [1.54, 1.807) is 36.4 Å². The summed E-state index contributed by atoms with van der Waals surface area (Å²) in [7, 11) is 0. The number of nitriles is 1. The highest BCUT2D eigenvalue weighted by atomic mass is 16.5. The molecule has 0 atom stereocenters. The molecule has 1 rings (SSSR count). The van der Waals surface area contributed by atoms with Gasteiger partial charge in [-0.25, -0.2) is 0 Å². The van der Waals surface area contributed by atoms with E-state index in [4.69, 9.17) is 10.00 Å². The predicted molar refractivity (Wildman–Crippen MR) is 74.5 cm³/mol. The van der Waals surface area contributed by atoms with Gasteiger partial charge >= 0.3 is 5.97 Å². The van der Waals surface area contributed by atoms with Gasteiger partial charge in [-0.3, -0.25) is 4.79 Å². The summed E-state index contributed by atoms with van der Waals surface area (Å²) >= 11 is 0. The van der Waals surface area contributed by atoms with Crippen molar-refractivity contribution in [1.82, 2.24) is 0 Å². The summed E-state index contributed by atoms with van der Waals surface area (Å²) in [6, 6.07) is 8.41. The van der Waals surface area contributed by atoms with E-state index in [0.717, 1.165) is 5.57 Å². The minimum Gasteiger partial charge on any atom is -0.426 e. The minimum atomic E-state index is -0.340. The summed E-state index contributed by atoms with van der Waals surface area (Å²) in [5, 5.41) is 8.64. The van der Waals surface area contributed by atoms with Crippen molar-refractivity contribution in [3.05, 3.63) is 66.3 Å². The topological polar surface area (TPSA) is 50.1 Å². The maximum Gasteiger partial charge on any atom is 0.315 e. The van der Waals surface area contributed by atoms with E-state index < -0.39 is 0 Å². The van der Waals surface area contributed by atoms with Crippen LogP contribution in [0.3, 0.4) is 0 Å². The molecule has 0 heterocycles. The molecule has 0 radical (unpaired) electrons. The predicted octanol–water partition coefficient (Wildman–Crippen LogP) is 3.54. The number of carbonyl (C=O) groups is 1. The van der Waals surface area contributed by atoms with Gasteiger partial charge < -0.3 is 4.74 Å². The summed E-state index contributed by atoms with van der Waals surface area (Å²) in [4.78, 5) is 11.5. The fraction of sp³-hybridized carbons (Fsp3) is 0.125. The average molecular weight is 253 g/mol. The quantitative estimate of drug-likeness (QED) is 0.458. The highest BCUT2D eigenvalue weighted by molar-refractivity contribution is 5.74. The van der Waals surface area contributed by atoms with Gasteiger partial charge in [0.25, 0.3) is 0 Å². The van der Waals surface area contributed by atoms with E-state index in [1.807, 2.05) is 25.1 Å². The van der Waals surface area contributed by atoms with Gasteiger partial charge in [-0.1, -0.05) is 36.5 Å². The maximum atomic E-state index is 11.5. The van der Waals surface area contributed by atoms with Gasteiger partial charge in [0.15, 0.2) is 0 Å². The van der Waals surface area contributed by atoms with Crippen LogP contribution >= 0.6 is 0 Å². The number of esters is 1. The first-order valence-electron chi connectivity index (χ1n) is 5.82. The maximum absolute atomic E-state index is 11.5. The lowest BCUT2D eigenvalue weighted by Crippen LogP contribution is -2.05. The molecule has 0 saturated carbocycles.